The number of nitro groups is 1. The van der Waals surface area contributed by atoms with E-state index in [1.54, 1.807) is 6.07 Å². The van der Waals surface area contributed by atoms with Crippen LogP contribution >= 0.6 is 11.8 Å². The molecular formula is C22H15N3O5S. The zero-order valence-corrected chi connectivity index (χ0v) is 16.8. The highest BCUT2D eigenvalue weighted by molar-refractivity contribution is 8.18. The van der Waals surface area contributed by atoms with Crippen molar-refractivity contribution in [2.75, 3.05) is 11.9 Å². The predicted molar refractivity (Wildman–Crippen MR) is 118 cm³/mol. The molecule has 31 heavy (non-hydrogen) atoms. The molecule has 1 aliphatic rings. The smallest absolute Gasteiger partial charge is 0.294 e. The standard InChI is InChI=1S/C22H15N3O5S/c26-20(23-18-7-3-5-15-4-1-2-6-17(15)18)13-24-21(27)19(31-22(24)28)12-14-8-10-16(11-9-14)25(29)30/h1-12H,13H2,(H,23,26)/b19-12+. The summed E-state index contributed by atoms with van der Waals surface area (Å²) in [7, 11) is 0. The summed E-state index contributed by atoms with van der Waals surface area (Å²) in [6.45, 7) is -0.411. The fourth-order valence-corrected chi connectivity index (χ4v) is 3.99. The fraction of sp³-hybridized carbons (Fsp3) is 0.0455. The molecule has 9 heteroatoms. The Balaban J connectivity index is 1.47. The van der Waals surface area contributed by atoms with Gasteiger partial charge in [0.1, 0.15) is 6.54 Å². The van der Waals surface area contributed by atoms with Gasteiger partial charge < -0.3 is 5.32 Å². The molecule has 1 fully saturated rings. The van der Waals surface area contributed by atoms with Crippen molar-refractivity contribution in [2.45, 2.75) is 0 Å². The first-order chi connectivity index (χ1) is 14.9. The van der Waals surface area contributed by atoms with Crippen LogP contribution in [0.5, 0.6) is 0 Å². The Morgan fingerprint density at radius 3 is 2.48 bits per heavy atom. The maximum atomic E-state index is 12.6. The number of nitrogens with one attached hydrogen (secondary N) is 1. The van der Waals surface area contributed by atoms with Crippen LogP contribution in [0.1, 0.15) is 5.56 Å². The molecule has 3 aromatic rings. The Kier molecular flexibility index (Phi) is 5.50. The van der Waals surface area contributed by atoms with Crippen LogP contribution in [-0.2, 0) is 9.59 Å². The second-order valence-electron chi connectivity index (χ2n) is 6.69. The van der Waals surface area contributed by atoms with Gasteiger partial charge in [0.2, 0.25) is 5.91 Å². The summed E-state index contributed by atoms with van der Waals surface area (Å²) in [6.07, 6.45) is 1.47. The second-order valence-corrected chi connectivity index (χ2v) is 7.68. The largest absolute Gasteiger partial charge is 0.324 e. The number of carbonyl (C=O) groups is 3. The highest BCUT2D eigenvalue weighted by Gasteiger charge is 2.36. The van der Waals surface area contributed by atoms with E-state index in [4.69, 9.17) is 0 Å². The predicted octanol–water partition coefficient (Wildman–Crippen LogP) is 4.42. The van der Waals surface area contributed by atoms with E-state index in [0.29, 0.717) is 11.3 Å². The molecule has 0 bridgehead atoms. The summed E-state index contributed by atoms with van der Waals surface area (Å²) >= 11 is 0.723. The number of imide groups is 1. The van der Waals surface area contributed by atoms with E-state index >= 15 is 0 Å². The summed E-state index contributed by atoms with van der Waals surface area (Å²) in [5.41, 5.74) is 1.06. The molecule has 154 valence electrons. The highest BCUT2D eigenvalue weighted by atomic mass is 32.2. The number of benzene rings is 3. The van der Waals surface area contributed by atoms with Gasteiger partial charge in [0, 0.05) is 23.2 Å². The Morgan fingerprint density at radius 2 is 1.74 bits per heavy atom. The molecule has 8 nitrogen and oxygen atoms in total. The number of thioether (sulfide) groups is 1. The van der Waals surface area contributed by atoms with Gasteiger partial charge >= 0.3 is 0 Å². The number of amides is 3. The molecule has 4 rings (SSSR count). The summed E-state index contributed by atoms with van der Waals surface area (Å²) in [5, 5.41) is 14.8. The Hall–Kier alpha value is -3.98. The van der Waals surface area contributed by atoms with Gasteiger partial charge in [-0.2, -0.15) is 0 Å². The number of hydrogen-bond acceptors (Lipinski definition) is 6. The van der Waals surface area contributed by atoms with Crippen molar-refractivity contribution in [1.29, 1.82) is 0 Å². The van der Waals surface area contributed by atoms with Gasteiger partial charge in [-0.3, -0.25) is 29.4 Å². The average Bonchev–Trinajstić information content (AvgIpc) is 3.01. The van der Waals surface area contributed by atoms with Gasteiger partial charge in [-0.15, -0.1) is 0 Å². The molecule has 3 aromatic carbocycles. The van der Waals surface area contributed by atoms with E-state index in [9.17, 15) is 24.5 Å². The maximum Gasteiger partial charge on any atom is 0.294 e. The molecule has 0 saturated carbocycles. The molecule has 0 spiro atoms. The lowest BCUT2D eigenvalue weighted by Gasteiger charge is -2.13. The van der Waals surface area contributed by atoms with Gasteiger partial charge in [-0.05, 0) is 47.0 Å². The number of fused-ring (bicyclic) bond motifs is 1. The topological polar surface area (TPSA) is 110 Å². The maximum absolute atomic E-state index is 12.6. The molecular weight excluding hydrogens is 418 g/mol. The van der Waals surface area contributed by atoms with Crippen molar-refractivity contribution in [3.63, 3.8) is 0 Å². The van der Waals surface area contributed by atoms with E-state index in [1.807, 2.05) is 36.4 Å². The molecule has 0 unspecified atom stereocenters. The Morgan fingerprint density at radius 1 is 1.03 bits per heavy atom. The van der Waals surface area contributed by atoms with Gasteiger partial charge in [0.05, 0.1) is 9.83 Å². The van der Waals surface area contributed by atoms with Crippen LogP contribution in [0.4, 0.5) is 16.2 Å². The van der Waals surface area contributed by atoms with Crippen LogP contribution in [0.2, 0.25) is 0 Å². The molecule has 0 atom stereocenters. The number of nitrogens with zero attached hydrogens (tertiary/aromatic N) is 2. The minimum atomic E-state index is -0.582. The minimum Gasteiger partial charge on any atom is -0.324 e. The zero-order chi connectivity index (χ0) is 22.0. The number of non-ortho nitro benzene ring substituents is 1. The first-order valence-electron chi connectivity index (χ1n) is 9.20. The third-order valence-corrected chi connectivity index (χ3v) is 5.55. The van der Waals surface area contributed by atoms with Gasteiger partial charge in [0.25, 0.3) is 16.8 Å². The fourth-order valence-electron chi connectivity index (χ4n) is 3.15. The van der Waals surface area contributed by atoms with E-state index in [0.717, 1.165) is 27.4 Å². The minimum absolute atomic E-state index is 0.0737. The lowest BCUT2D eigenvalue weighted by molar-refractivity contribution is -0.384. The van der Waals surface area contributed by atoms with E-state index in [-0.39, 0.29) is 10.6 Å². The number of rotatable bonds is 5. The van der Waals surface area contributed by atoms with Crippen molar-refractivity contribution in [3.05, 3.63) is 87.3 Å². The van der Waals surface area contributed by atoms with E-state index in [2.05, 4.69) is 5.32 Å². The lowest BCUT2D eigenvalue weighted by atomic mass is 10.1. The summed E-state index contributed by atoms with van der Waals surface area (Å²) in [4.78, 5) is 48.7. The number of carbonyl (C=O) groups excluding carboxylic acids is 3. The van der Waals surface area contributed by atoms with Crippen LogP contribution in [-0.4, -0.2) is 33.4 Å². The first-order valence-corrected chi connectivity index (χ1v) is 10.0. The van der Waals surface area contributed by atoms with Gasteiger partial charge in [-0.1, -0.05) is 36.4 Å². The Labute approximate surface area is 180 Å². The lowest BCUT2D eigenvalue weighted by Crippen LogP contribution is -2.36. The second kappa shape index (κ2) is 8.41. The number of anilines is 1. The number of hydrogen-bond donors (Lipinski definition) is 1. The van der Waals surface area contributed by atoms with Crippen LogP contribution in [0.3, 0.4) is 0 Å². The molecule has 1 aliphatic heterocycles. The van der Waals surface area contributed by atoms with Crippen LogP contribution < -0.4 is 5.32 Å². The van der Waals surface area contributed by atoms with Gasteiger partial charge in [0.15, 0.2) is 0 Å². The number of nitro benzene ring substituents is 1. The van der Waals surface area contributed by atoms with Crippen molar-refractivity contribution in [3.8, 4) is 0 Å². The molecule has 1 heterocycles. The van der Waals surface area contributed by atoms with Gasteiger partial charge in [-0.25, -0.2) is 0 Å². The monoisotopic (exact) mass is 433 g/mol. The summed E-state index contributed by atoms with van der Waals surface area (Å²) in [6, 6.07) is 18.6. The van der Waals surface area contributed by atoms with E-state index in [1.165, 1.54) is 30.3 Å². The molecule has 0 aliphatic carbocycles. The summed E-state index contributed by atoms with van der Waals surface area (Å²) < 4.78 is 0. The SMILES string of the molecule is O=C(CN1C(=O)S/C(=C/c2ccc([N+](=O)[O-])cc2)C1=O)Nc1cccc2ccccc12. The molecule has 1 N–H and O–H groups in total. The first kappa shape index (κ1) is 20.3. The van der Waals surface area contributed by atoms with Crippen molar-refractivity contribution < 1.29 is 19.3 Å². The highest BCUT2D eigenvalue weighted by Crippen LogP contribution is 2.32. The van der Waals surface area contributed by atoms with Crippen LogP contribution in [0.15, 0.2) is 71.6 Å². The van der Waals surface area contributed by atoms with Crippen molar-refractivity contribution >= 4 is 57.0 Å². The molecule has 0 radical (unpaired) electrons. The normalized spacial score (nSPS) is 15.0. The average molecular weight is 433 g/mol. The van der Waals surface area contributed by atoms with Crippen molar-refractivity contribution in [1.82, 2.24) is 4.90 Å². The van der Waals surface area contributed by atoms with Crippen LogP contribution in [0.25, 0.3) is 16.8 Å². The summed E-state index contributed by atoms with van der Waals surface area (Å²) in [5.74, 6) is -1.07. The Bertz CT molecular complexity index is 1250. The molecule has 0 aromatic heterocycles. The zero-order valence-electron chi connectivity index (χ0n) is 16.0. The van der Waals surface area contributed by atoms with Crippen LogP contribution in [0, 0.1) is 10.1 Å². The van der Waals surface area contributed by atoms with E-state index < -0.39 is 28.5 Å². The molecule has 1 saturated heterocycles. The third-order valence-electron chi connectivity index (χ3n) is 4.64. The van der Waals surface area contributed by atoms with Crippen molar-refractivity contribution in [2.24, 2.45) is 0 Å². The molecule has 3 amide bonds. The third kappa shape index (κ3) is 4.31. The quantitative estimate of drug-likeness (QED) is 0.362.